The molecule has 27 heavy (non-hydrogen) atoms. The molecule has 0 aromatic heterocycles. The van der Waals surface area contributed by atoms with Crippen LogP contribution in [-0.4, -0.2) is 40.1 Å². The monoisotopic (exact) mass is 365 g/mol. The summed E-state index contributed by atoms with van der Waals surface area (Å²) in [6.45, 7) is 4.78. The van der Waals surface area contributed by atoms with Gasteiger partial charge in [0, 0.05) is 17.8 Å². The van der Waals surface area contributed by atoms with Crippen LogP contribution in [0.4, 0.5) is 5.69 Å². The molecule has 4 saturated heterocycles. The Morgan fingerprint density at radius 2 is 2.00 bits per heavy atom. The van der Waals surface area contributed by atoms with Gasteiger partial charge in [0.25, 0.3) is 5.91 Å². The third kappa shape index (κ3) is 1.93. The van der Waals surface area contributed by atoms with Gasteiger partial charge in [-0.25, -0.2) is 0 Å². The lowest BCUT2D eigenvalue weighted by Crippen LogP contribution is -2.81. The number of hydrogen-bond donors (Lipinski definition) is 2. The molecule has 6 rings (SSSR count). The Labute approximate surface area is 158 Å². The molecule has 2 amide bonds. The highest BCUT2D eigenvalue weighted by molar-refractivity contribution is 6.19. The molecule has 5 aliphatic heterocycles. The lowest BCUT2D eigenvalue weighted by Gasteiger charge is -2.59. The van der Waals surface area contributed by atoms with Gasteiger partial charge in [-0.05, 0) is 49.3 Å². The van der Waals surface area contributed by atoms with Crippen LogP contribution < -0.4 is 10.6 Å². The summed E-state index contributed by atoms with van der Waals surface area (Å²) >= 11 is 0. The van der Waals surface area contributed by atoms with Gasteiger partial charge in [0.1, 0.15) is 11.1 Å². The van der Waals surface area contributed by atoms with Crippen LogP contribution >= 0.6 is 0 Å². The van der Waals surface area contributed by atoms with Crippen molar-refractivity contribution in [2.75, 3.05) is 11.9 Å². The molecule has 5 heterocycles. The molecule has 0 radical (unpaired) electrons. The van der Waals surface area contributed by atoms with Gasteiger partial charge in [-0.3, -0.25) is 14.4 Å². The number of fused-ring (bicyclic) bond motifs is 3. The summed E-state index contributed by atoms with van der Waals surface area (Å²) in [5, 5.41) is 6.20. The largest absolute Gasteiger partial charge is 0.352 e. The average molecular weight is 365 g/mol. The fourth-order valence-corrected chi connectivity index (χ4v) is 5.51. The maximum absolute atomic E-state index is 13.5. The van der Waals surface area contributed by atoms with Crippen LogP contribution in [-0.2, 0) is 9.59 Å². The van der Waals surface area contributed by atoms with E-state index >= 15 is 0 Å². The van der Waals surface area contributed by atoms with Gasteiger partial charge in [-0.15, -0.1) is 0 Å². The highest BCUT2D eigenvalue weighted by Crippen LogP contribution is 2.52. The van der Waals surface area contributed by atoms with E-state index in [1.807, 2.05) is 18.2 Å². The van der Waals surface area contributed by atoms with Gasteiger partial charge < -0.3 is 15.5 Å². The van der Waals surface area contributed by atoms with Crippen molar-refractivity contribution in [2.45, 2.75) is 44.2 Å². The molecule has 140 valence electrons. The molecule has 0 aliphatic carbocycles. The number of nitrogens with one attached hydrogen (secondary N) is 2. The first-order valence-electron chi connectivity index (χ1n) is 9.67. The topological polar surface area (TPSA) is 78.5 Å². The highest BCUT2D eigenvalue weighted by Gasteiger charge is 2.68. The van der Waals surface area contributed by atoms with Crippen LogP contribution in [0.3, 0.4) is 0 Å². The summed E-state index contributed by atoms with van der Waals surface area (Å²) < 4.78 is 0. The number of carbonyl (C=O) groups is 3. The highest BCUT2D eigenvalue weighted by atomic mass is 16.2. The van der Waals surface area contributed by atoms with Gasteiger partial charge in [-0.2, -0.15) is 0 Å². The van der Waals surface area contributed by atoms with Crippen molar-refractivity contribution in [3.05, 3.63) is 41.6 Å². The van der Waals surface area contributed by atoms with Crippen LogP contribution in [0.1, 0.15) is 43.5 Å². The molecule has 6 nitrogen and oxygen atoms in total. The standard InChI is InChI=1S/C21H23N3O3/c1-12(2)14-10-20-8-5-9-24(20)19(27)21(14,23-18(20)26)11-16-17(25)13-6-3-4-7-15(13)22-16/h3-4,6-7,11-12,14,22H,5,8-10H2,1-2H3,(H,23,26)/t14-,20+,21+/m1/s1. The molecular formula is C21H23N3O3. The molecule has 0 unspecified atom stereocenters. The number of rotatable bonds is 2. The van der Waals surface area contributed by atoms with Crippen LogP contribution in [0, 0.1) is 11.8 Å². The molecule has 6 heteroatoms. The maximum atomic E-state index is 13.5. The predicted molar refractivity (Wildman–Crippen MR) is 100.0 cm³/mol. The molecule has 3 atom stereocenters. The van der Waals surface area contributed by atoms with Crippen molar-refractivity contribution >= 4 is 23.3 Å². The first kappa shape index (κ1) is 16.5. The third-order valence-electron chi connectivity index (χ3n) is 6.84. The second kappa shape index (κ2) is 5.21. The number of carbonyl (C=O) groups excluding carboxylic acids is 3. The quantitative estimate of drug-likeness (QED) is 0.787. The number of benzene rings is 1. The van der Waals surface area contributed by atoms with Crippen LogP contribution in [0.25, 0.3) is 0 Å². The summed E-state index contributed by atoms with van der Waals surface area (Å²) in [5.41, 5.74) is -0.127. The summed E-state index contributed by atoms with van der Waals surface area (Å²) in [4.78, 5) is 41.2. The normalized spacial score (nSPS) is 35.5. The van der Waals surface area contributed by atoms with E-state index in [1.54, 1.807) is 17.0 Å². The number of anilines is 1. The molecule has 2 N–H and O–H groups in total. The number of ketones is 1. The Morgan fingerprint density at radius 1 is 1.22 bits per heavy atom. The van der Waals surface area contributed by atoms with Crippen molar-refractivity contribution in [1.82, 2.24) is 10.2 Å². The van der Waals surface area contributed by atoms with Gasteiger partial charge >= 0.3 is 0 Å². The zero-order chi connectivity index (χ0) is 19.0. The summed E-state index contributed by atoms with van der Waals surface area (Å²) in [6.07, 6.45) is 3.93. The van der Waals surface area contributed by atoms with Gasteiger partial charge in [-0.1, -0.05) is 26.0 Å². The van der Waals surface area contributed by atoms with E-state index in [0.717, 1.165) is 18.5 Å². The van der Waals surface area contributed by atoms with E-state index in [4.69, 9.17) is 0 Å². The van der Waals surface area contributed by atoms with Crippen molar-refractivity contribution in [3.8, 4) is 0 Å². The van der Waals surface area contributed by atoms with E-state index < -0.39 is 11.1 Å². The van der Waals surface area contributed by atoms with Crippen LogP contribution in [0.5, 0.6) is 0 Å². The SMILES string of the molecule is CC(C)[C@H]1C[C@]23CCCN2C(=O)[C@@]1(C=C1Nc2ccccc2C1=O)NC3=O. The number of piperidine rings is 2. The third-order valence-corrected chi connectivity index (χ3v) is 6.84. The number of para-hydroxylation sites is 1. The van der Waals surface area contributed by atoms with Crippen molar-refractivity contribution < 1.29 is 14.4 Å². The van der Waals surface area contributed by atoms with Crippen molar-refractivity contribution in [2.24, 2.45) is 11.8 Å². The Kier molecular flexibility index (Phi) is 3.19. The predicted octanol–water partition coefficient (Wildman–Crippen LogP) is 2.08. The number of allylic oxidation sites excluding steroid dienone is 1. The lowest BCUT2D eigenvalue weighted by atomic mass is 9.61. The summed E-state index contributed by atoms with van der Waals surface area (Å²) in [6, 6.07) is 7.31. The van der Waals surface area contributed by atoms with E-state index in [9.17, 15) is 14.4 Å². The van der Waals surface area contributed by atoms with Crippen molar-refractivity contribution in [3.63, 3.8) is 0 Å². The molecule has 1 spiro atoms. The minimum Gasteiger partial charge on any atom is -0.352 e. The summed E-state index contributed by atoms with van der Waals surface area (Å²) in [5.74, 6) is -0.111. The van der Waals surface area contributed by atoms with E-state index in [0.29, 0.717) is 24.2 Å². The molecule has 2 bridgehead atoms. The van der Waals surface area contributed by atoms with Gasteiger partial charge in [0.05, 0.1) is 5.70 Å². The van der Waals surface area contributed by atoms with Crippen molar-refractivity contribution in [1.29, 1.82) is 0 Å². The van der Waals surface area contributed by atoms with Gasteiger partial charge in [0.2, 0.25) is 11.7 Å². The van der Waals surface area contributed by atoms with Gasteiger partial charge in [0.15, 0.2) is 0 Å². The molecule has 1 aromatic carbocycles. The lowest BCUT2D eigenvalue weighted by molar-refractivity contribution is -0.172. The minimum absolute atomic E-state index is 0.0390. The Balaban J connectivity index is 1.64. The van der Waals surface area contributed by atoms with E-state index in [1.165, 1.54) is 0 Å². The maximum Gasteiger partial charge on any atom is 0.253 e. The molecule has 4 fully saturated rings. The number of nitrogens with zero attached hydrogens (tertiary/aromatic N) is 1. The molecule has 5 aliphatic rings. The molecule has 0 saturated carbocycles. The number of hydrogen-bond acceptors (Lipinski definition) is 4. The fraction of sp³-hybridized carbons (Fsp3) is 0.476. The van der Waals surface area contributed by atoms with E-state index in [-0.39, 0.29) is 29.4 Å². The number of Topliss-reactive ketones (excluding diaryl/α,β-unsaturated/α-hetero) is 1. The Bertz CT molecular complexity index is 921. The first-order valence-corrected chi connectivity index (χ1v) is 9.67. The smallest absolute Gasteiger partial charge is 0.253 e. The summed E-state index contributed by atoms with van der Waals surface area (Å²) in [7, 11) is 0. The van der Waals surface area contributed by atoms with Crippen LogP contribution in [0.15, 0.2) is 36.0 Å². The molecule has 1 aromatic rings. The second-order valence-electron chi connectivity index (χ2n) is 8.53. The Morgan fingerprint density at radius 3 is 2.74 bits per heavy atom. The zero-order valence-electron chi connectivity index (χ0n) is 15.5. The minimum atomic E-state index is -1.16. The average Bonchev–Trinajstić information content (AvgIpc) is 3.20. The molecular weight excluding hydrogens is 342 g/mol. The zero-order valence-corrected chi connectivity index (χ0v) is 15.5. The second-order valence-corrected chi connectivity index (χ2v) is 8.53. The number of piperazine rings is 1. The fourth-order valence-electron chi connectivity index (χ4n) is 5.51. The first-order chi connectivity index (χ1) is 12.9. The number of amides is 2. The van der Waals surface area contributed by atoms with Crippen LogP contribution in [0.2, 0.25) is 0 Å². The Hall–Kier alpha value is -2.63. The van der Waals surface area contributed by atoms with E-state index in [2.05, 4.69) is 24.5 Å².